The van der Waals surface area contributed by atoms with Crippen molar-refractivity contribution in [3.05, 3.63) is 65.2 Å². The number of hydrogen-bond acceptors (Lipinski definition) is 4. The molecule has 1 atom stereocenters. The highest BCUT2D eigenvalue weighted by Gasteiger charge is 2.39. The van der Waals surface area contributed by atoms with Crippen LogP contribution in [0.1, 0.15) is 27.9 Å². The van der Waals surface area contributed by atoms with Crippen LogP contribution in [0.4, 0.5) is 0 Å². The molecule has 0 aromatic heterocycles. The van der Waals surface area contributed by atoms with E-state index in [2.05, 4.69) is 4.90 Å². The van der Waals surface area contributed by atoms with E-state index in [4.69, 9.17) is 14.6 Å². The minimum absolute atomic E-state index is 0.322. The van der Waals surface area contributed by atoms with Gasteiger partial charge in [0.1, 0.15) is 18.0 Å². The maximum Gasteiger partial charge on any atom is 0.335 e. The van der Waals surface area contributed by atoms with Crippen molar-refractivity contribution >= 4 is 5.97 Å². The Morgan fingerprint density at radius 1 is 1.23 bits per heavy atom. The molecule has 5 nitrogen and oxygen atoms in total. The SMILES string of the molecule is COC1(COc2ccccc2C)CCN(Cc2cccc(C(=O)O)c2)C1. The van der Waals surface area contributed by atoms with Gasteiger partial charge in [0.05, 0.1) is 5.56 Å². The highest BCUT2D eigenvalue weighted by Crippen LogP contribution is 2.28. The third-order valence-corrected chi connectivity index (χ3v) is 4.99. The molecule has 0 aliphatic carbocycles. The van der Waals surface area contributed by atoms with Gasteiger partial charge in [0, 0.05) is 26.7 Å². The van der Waals surface area contributed by atoms with Crippen LogP contribution in [0, 0.1) is 6.92 Å². The Labute approximate surface area is 154 Å². The van der Waals surface area contributed by atoms with Crippen molar-refractivity contribution in [1.29, 1.82) is 0 Å². The van der Waals surface area contributed by atoms with Crippen molar-refractivity contribution in [2.45, 2.75) is 25.5 Å². The number of aromatic carboxylic acids is 1. The molecule has 2 aromatic carbocycles. The molecule has 1 aliphatic rings. The van der Waals surface area contributed by atoms with Crippen molar-refractivity contribution in [2.24, 2.45) is 0 Å². The van der Waals surface area contributed by atoms with Crippen molar-refractivity contribution in [2.75, 3.05) is 26.8 Å². The van der Waals surface area contributed by atoms with E-state index in [0.29, 0.717) is 18.7 Å². The number of para-hydroxylation sites is 1. The van der Waals surface area contributed by atoms with Crippen molar-refractivity contribution in [3.8, 4) is 5.75 Å². The molecule has 0 saturated carbocycles. The third-order valence-electron chi connectivity index (χ3n) is 4.99. The number of likely N-dealkylation sites (tertiary alicyclic amines) is 1. The zero-order chi connectivity index (χ0) is 18.6. The fraction of sp³-hybridized carbons (Fsp3) is 0.381. The van der Waals surface area contributed by atoms with E-state index >= 15 is 0 Å². The van der Waals surface area contributed by atoms with Gasteiger partial charge in [-0.2, -0.15) is 0 Å². The Morgan fingerprint density at radius 2 is 2.04 bits per heavy atom. The number of nitrogens with zero attached hydrogens (tertiary/aromatic N) is 1. The molecule has 1 aliphatic heterocycles. The number of methoxy groups -OCH3 is 1. The van der Waals surface area contributed by atoms with Crippen LogP contribution in [0.15, 0.2) is 48.5 Å². The number of ether oxygens (including phenoxy) is 2. The Hall–Kier alpha value is -2.37. The smallest absolute Gasteiger partial charge is 0.335 e. The molecule has 1 heterocycles. The average molecular weight is 355 g/mol. The molecule has 1 N–H and O–H groups in total. The van der Waals surface area contributed by atoms with Gasteiger partial charge in [0.15, 0.2) is 0 Å². The summed E-state index contributed by atoms with van der Waals surface area (Å²) in [5.41, 5.74) is 2.09. The largest absolute Gasteiger partial charge is 0.490 e. The van der Waals surface area contributed by atoms with Crippen molar-refractivity contribution in [1.82, 2.24) is 4.90 Å². The van der Waals surface area contributed by atoms with Gasteiger partial charge in [-0.25, -0.2) is 4.79 Å². The van der Waals surface area contributed by atoms with Gasteiger partial charge in [-0.3, -0.25) is 4.90 Å². The Balaban J connectivity index is 1.62. The second-order valence-corrected chi connectivity index (χ2v) is 6.91. The molecule has 0 spiro atoms. The first kappa shape index (κ1) is 18.4. The molecule has 0 amide bonds. The molecule has 26 heavy (non-hydrogen) atoms. The zero-order valence-electron chi connectivity index (χ0n) is 15.3. The van der Waals surface area contributed by atoms with Crippen LogP contribution in [-0.2, 0) is 11.3 Å². The lowest BCUT2D eigenvalue weighted by molar-refractivity contribution is -0.0360. The predicted octanol–water partition coefficient (Wildman–Crippen LogP) is 3.36. The summed E-state index contributed by atoms with van der Waals surface area (Å²) in [4.78, 5) is 13.4. The third kappa shape index (κ3) is 4.23. The maximum absolute atomic E-state index is 11.1. The van der Waals surface area contributed by atoms with E-state index in [1.165, 1.54) is 0 Å². The first-order chi connectivity index (χ1) is 12.5. The summed E-state index contributed by atoms with van der Waals surface area (Å²) < 4.78 is 11.9. The fourth-order valence-corrected chi connectivity index (χ4v) is 3.39. The summed E-state index contributed by atoms with van der Waals surface area (Å²) in [6.07, 6.45) is 0.883. The topological polar surface area (TPSA) is 59.0 Å². The van der Waals surface area contributed by atoms with E-state index in [1.807, 2.05) is 37.3 Å². The number of carboxylic acids is 1. The summed E-state index contributed by atoms with van der Waals surface area (Å²) in [5.74, 6) is -0.0114. The van der Waals surface area contributed by atoms with E-state index in [1.54, 1.807) is 25.3 Å². The van der Waals surface area contributed by atoms with E-state index < -0.39 is 5.97 Å². The molecule has 0 bridgehead atoms. The number of carboxylic acid groups (broad SMARTS) is 1. The molecule has 2 aromatic rings. The Bertz CT molecular complexity index is 776. The number of hydrogen-bond donors (Lipinski definition) is 1. The van der Waals surface area contributed by atoms with Crippen LogP contribution in [0.3, 0.4) is 0 Å². The van der Waals surface area contributed by atoms with Crippen LogP contribution in [0.2, 0.25) is 0 Å². The summed E-state index contributed by atoms with van der Waals surface area (Å²) >= 11 is 0. The molecule has 138 valence electrons. The van der Waals surface area contributed by atoms with Gasteiger partial charge < -0.3 is 14.6 Å². The number of benzene rings is 2. The quantitative estimate of drug-likeness (QED) is 0.825. The molecule has 0 radical (unpaired) electrons. The lowest BCUT2D eigenvalue weighted by atomic mass is 10.0. The maximum atomic E-state index is 11.1. The van der Waals surface area contributed by atoms with Crippen LogP contribution in [0.25, 0.3) is 0 Å². The first-order valence-electron chi connectivity index (χ1n) is 8.79. The summed E-state index contributed by atoms with van der Waals surface area (Å²) in [6.45, 7) is 4.89. The zero-order valence-corrected chi connectivity index (χ0v) is 15.3. The second-order valence-electron chi connectivity index (χ2n) is 6.91. The molecule has 5 heteroatoms. The standard InChI is InChI=1S/C21H25NO4/c1-16-6-3-4-9-19(16)26-15-21(25-2)10-11-22(14-21)13-17-7-5-8-18(12-17)20(23)24/h3-9,12H,10-11,13-15H2,1-2H3,(H,23,24). The van der Waals surface area contributed by atoms with Crippen molar-refractivity contribution in [3.63, 3.8) is 0 Å². The highest BCUT2D eigenvalue weighted by atomic mass is 16.5. The first-order valence-corrected chi connectivity index (χ1v) is 8.79. The summed E-state index contributed by atoms with van der Waals surface area (Å²) in [7, 11) is 1.73. The lowest BCUT2D eigenvalue weighted by Gasteiger charge is -2.28. The molecule has 1 fully saturated rings. The molecular formula is C21H25NO4. The second kappa shape index (κ2) is 7.89. The predicted molar refractivity (Wildman–Crippen MR) is 99.7 cm³/mol. The molecule has 3 rings (SSSR count). The summed E-state index contributed by atoms with van der Waals surface area (Å²) in [5, 5.41) is 9.14. The van der Waals surface area contributed by atoms with Crippen LogP contribution in [0.5, 0.6) is 5.75 Å². The molecular weight excluding hydrogens is 330 g/mol. The number of aryl methyl sites for hydroxylation is 1. The van der Waals surface area contributed by atoms with E-state index in [0.717, 1.165) is 36.4 Å². The fourth-order valence-electron chi connectivity index (χ4n) is 3.39. The van der Waals surface area contributed by atoms with E-state index in [9.17, 15) is 4.79 Å². The van der Waals surface area contributed by atoms with Crippen LogP contribution in [-0.4, -0.2) is 48.4 Å². The highest BCUT2D eigenvalue weighted by molar-refractivity contribution is 5.87. The van der Waals surface area contributed by atoms with Gasteiger partial charge in [-0.05, 0) is 42.7 Å². The van der Waals surface area contributed by atoms with Crippen LogP contribution >= 0.6 is 0 Å². The Kier molecular flexibility index (Phi) is 5.59. The van der Waals surface area contributed by atoms with Gasteiger partial charge in [0.2, 0.25) is 0 Å². The van der Waals surface area contributed by atoms with Crippen molar-refractivity contribution < 1.29 is 19.4 Å². The number of rotatable bonds is 7. The van der Waals surface area contributed by atoms with Gasteiger partial charge in [-0.1, -0.05) is 30.3 Å². The molecule has 1 saturated heterocycles. The van der Waals surface area contributed by atoms with Gasteiger partial charge >= 0.3 is 5.97 Å². The lowest BCUT2D eigenvalue weighted by Crippen LogP contribution is -2.41. The average Bonchev–Trinajstić information content (AvgIpc) is 3.05. The van der Waals surface area contributed by atoms with Gasteiger partial charge in [-0.15, -0.1) is 0 Å². The van der Waals surface area contributed by atoms with E-state index in [-0.39, 0.29) is 5.60 Å². The monoisotopic (exact) mass is 355 g/mol. The minimum Gasteiger partial charge on any atom is -0.490 e. The summed E-state index contributed by atoms with van der Waals surface area (Å²) in [6, 6.07) is 15.1. The number of carbonyl (C=O) groups is 1. The minimum atomic E-state index is -0.897. The normalized spacial score (nSPS) is 20.2. The van der Waals surface area contributed by atoms with Crippen LogP contribution < -0.4 is 4.74 Å². The molecule has 1 unspecified atom stereocenters. The Morgan fingerprint density at radius 3 is 2.77 bits per heavy atom. The van der Waals surface area contributed by atoms with Gasteiger partial charge in [0.25, 0.3) is 0 Å².